The number of hydrogen-bond acceptors (Lipinski definition) is 8. The van der Waals surface area contributed by atoms with Gasteiger partial charge in [0.1, 0.15) is 5.75 Å². The van der Waals surface area contributed by atoms with Crippen LogP contribution in [0.2, 0.25) is 0 Å². The number of carbonyl (C=O) groups is 2. The predicted octanol–water partition coefficient (Wildman–Crippen LogP) is -0.283. The summed E-state index contributed by atoms with van der Waals surface area (Å²) in [6.07, 6.45) is 1.00. The lowest BCUT2D eigenvalue weighted by atomic mass is 10.1. The van der Waals surface area contributed by atoms with E-state index in [2.05, 4.69) is 15.7 Å². The number of nitrogens with zero attached hydrogens (tertiary/aromatic N) is 3. The fourth-order valence-electron chi connectivity index (χ4n) is 3.07. The molecule has 1 aromatic carbocycles. The van der Waals surface area contributed by atoms with Crippen molar-refractivity contribution in [3.63, 3.8) is 0 Å². The summed E-state index contributed by atoms with van der Waals surface area (Å²) in [7, 11) is 1.59. The second-order valence-electron chi connectivity index (χ2n) is 6.88. The molecule has 1 saturated heterocycles. The summed E-state index contributed by atoms with van der Waals surface area (Å²) in [4.78, 5) is 29.6. The number of ether oxygens (including phenoxy) is 2. The number of rotatable bonds is 8. The van der Waals surface area contributed by atoms with Gasteiger partial charge in [-0.1, -0.05) is 6.07 Å². The molecule has 0 bridgehead atoms. The number of hydrogen-bond donors (Lipinski definition) is 3. The van der Waals surface area contributed by atoms with Crippen LogP contribution in [0.1, 0.15) is 18.4 Å². The molecular weight excluding hydrogens is 376 g/mol. The number of amides is 2. The highest BCUT2D eigenvalue weighted by atomic mass is 16.5. The largest absolute Gasteiger partial charge is 0.494 e. The van der Waals surface area contributed by atoms with Gasteiger partial charge in [-0.15, -0.1) is 0 Å². The second-order valence-corrected chi connectivity index (χ2v) is 6.88. The van der Waals surface area contributed by atoms with Gasteiger partial charge >= 0.3 is 0 Å². The van der Waals surface area contributed by atoms with E-state index in [1.54, 1.807) is 11.9 Å². The van der Waals surface area contributed by atoms with Crippen molar-refractivity contribution >= 4 is 23.5 Å². The zero-order valence-electron chi connectivity index (χ0n) is 16.6. The molecule has 0 saturated carbocycles. The van der Waals surface area contributed by atoms with Gasteiger partial charge in [0, 0.05) is 39.2 Å². The lowest BCUT2D eigenvalue weighted by Crippen LogP contribution is -2.48. The van der Waals surface area contributed by atoms with Gasteiger partial charge in [0.15, 0.2) is 5.96 Å². The van der Waals surface area contributed by atoms with Crippen LogP contribution in [-0.4, -0.2) is 74.2 Å². The topological polar surface area (TPSA) is 122 Å². The number of likely N-dealkylation sites (N-methyl/N-ethyl adjacent to an activating group) is 1. The highest BCUT2D eigenvalue weighted by molar-refractivity contribution is 5.88. The average molecular weight is 404 g/mol. The number of fused-ring (bicyclic) bond motifs is 1. The number of guanidine groups is 1. The molecule has 1 aromatic rings. The van der Waals surface area contributed by atoms with Crippen molar-refractivity contribution in [1.29, 1.82) is 0 Å². The number of benzene rings is 1. The Labute approximate surface area is 170 Å². The van der Waals surface area contributed by atoms with Crippen molar-refractivity contribution in [3.8, 4) is 5.75 Å². The standard InChI is InChI=1S/C19H28N6O4/c1-21-18(27)13-24-12-14-4-5-15(11-16(14)22-19(24)20)29-8-2-3-17(26)23-25-6-9-28-10-7-25/h4-5,11H,2-3,6-10,12-13H2,1H3,(H2,20,22)(H,21,27)(H,23,26). The van der Waals surface area contributed by atoms with E-state index in [1.807, 2.05) is 23.2 Å². The molecule has 0 radical (unpaired) electrons. The maximum atomic E-state index is 12.0. The van der Waals surface area contributed by atoms with E-state index >= 15 is 0 Å². The van der Waals surface area contributed by atoms with Crippen LogP contribution in [0.15, 0.2) is 23.2 Å². The van der Waals surface area contributed by atoms with Crippen molar-refractivity contribution in [2.24, 2.45) is 10.7 Å². The Morgan fingerprint density at radius 1 is 1.28 bits per heavy atom. The minimum absolute atomic E-state index is 0.0190. The number of carbonyl (C=O) groups excluding carboxylic acids is 2. The molecule has 0 aromatic heterocycles. The van der Waals surface area contributed by atoms with Crippen molar-refractivity contribution in [2.75, 3.05) is 46.5 Å². The van der Waals surface area contributed by atoms with Crippen LogP contribution in [0.5, 0.6) is 5.75 Å². The molecular formula is C19H28N6O4. The van der Waals surface area contributed by atoms with Gasteiger partial charge in [0.2, 0.25) is 11.8 Å². The molecule has 4 N–H and O–H groups in total. The molecule has 10 heteroatoms. The summed E-state index contributed by atoms with van der Waals surface area (Å²) in [5.41, 5.74) is 10.6. The van der Waals surface area contributed by atoms with Crippen molar-refractivity contribution in [2.45, 2.75) is 19.4 Å². The Morgan fingerprint density at radius 3 is 2.83 bits per heavy atom. The Morgan fingerprint density at radius 2 is 2.07 bits per heavy atom. The Kier molecular flexibility index (Phi) is 7.25. The smallest absolute Gasteiger partial charge is 0.239 e. The monoisotopic (exact) mass is 404 g/mol. The van der Waals surface area contributed by atoms with Gasteiger partial charge in [-0.2, -0.15) is 0 Å². The minimum atomic E-state index is -0.121. The molecule has 1 fully saturated rings. The van der Waals surface area contributed by atoms with Crippen LogP contribution in [0.3, 0.4) is 0 Å². The first kappa shape index (κ1) is 20.9. The summed E-state index contributed by atoms with van der Waals surface area (Å²) < 4.78 is 11.0. The number of morpholine rings is 1. The van der Waals surface area contributed by atoms with Crippen LogP contribution in [0.4, 0.5) is 5.69 Å². The van der Waals surface area contributed by atoms with E-state index in [0.717, 1.165) is 11.3 Å². The average Bonchev–Trinajstić information content (AvgIpc) is 2.72. The highest BCUT2D eigenvalue weighted by Gasteiger charge is 2.20. The molecule has 158 valence electrons. The number of nitrogens with two attached hydrogens (primary N) is 1. The first-order valence-electron chi connectivity index (χ1n) is 9.73. The van der Waals surface area contributed by atoms with Crippen LogP contribution in [-0.2, 0) is 20.9 Å². The summed E-state index contributed by atoms with van der Waals surface area (Å²) in [5, 5.41) is 4.46. The van der Waals surface area contributed by atoms with Gasteiger partial charge < -0.3 is 25.4 Å². The number of hydrazine groups is 1. The lowest BCUT2D eigenvalue weighted by molar-refractivity contribution is -0.128. The minimum Gasteiger partial charge on any atom is -0.494 e. The van der Waals surface area contributed by atoms with Crippen LogP contribution >= 0.6 is 0 Å². The van der Waals surface area contributed by atoms with Gasteiger partial charge in [-0.05, 0) is 18.1 Å². The molecule has 10 nitrogen and oxygen atoms in total. The Bertz CT molecular complexity index is 763. The van der Waals surface area contributed by atoms with Gasteiger partial charge in [-0.25, -0.2) is 10.0 Å². The quantitative estimate of drug-likeness (QED) is 0.509. The summed E-state index contributed by atoms with van der Waals surface area (Å²) in [6, 6.07) is 5.61. The molecule has 0 unspecified atom stereocenters. The molecule has 0 aliphatic carbocycles. The summed E-state index contributed by atoms with van der Waals surface area (Å²) in [6.45, 7) is 3.80. The lowest BCUT2D eigenvalue weighted by Gasteiger charge is -2.27. The normalized spacial score (nSPS) is 16.6. The van der Waals surface area contributed by atoms with Crippen molar-refractivity contribution in [3.05, 3.63) is 23.8 Å². The molecule has 2 heterocycles. The summed E-state index contributed by atoms with van der Waals surface area (Å²) in [5.74, 6) is 0.838. The van der Waals surface area contributed by atoms with E-state index in [9.17, 15) is 9.59 Å². The second kappa shape index (κ2) is 10.1. The third-order valence-electron chi connectivity index (χ3n) is 4.70. The predicted molar refractivity (Wildman–Crippen MR) is 107 cm³/mol. The number of nitrogens with one attached hydrogen (secondary N) is 2. The van der Waals surface area contributed by atoms with Crippen molar-refractivity contribution < 1.29 is 19.1 Å². The fourth-order valence-corrected chi connectivity index (χ4v) is 3.07. The van der Waals surface area contributed by atoms with E-state index in [-0.39, 0.29) is 18.4 Å². The highest BCUT2D eigenvalue weighted by Crippen LogP contribution is 2.29. The third-order valence-corrected chi connectivity index (χ3v) is 4.70. The van der Waals surface area contributed by atoms with Crippen LogP contribution in [0.25, 0.3) is 0 Å². The number of aliphatic imine (C=N–C) groups is 1. The first-order valence-corrected chi connectivity index (χ1v) is 9.73. The molecule has 29 heavy (non-hydrogen) atoms. The molecule has 3 rings (SSSR count). The molecule has 2 amide bonds. The van der Waals surface area contributed by atoms with Gasteiger partial charge in [-0.3, -0.25) is 15.0 Å². The van der Waals surface area contributed by atoms with E-state index in [1.165, 1.54) is 0 Å². The van der Waals surface area contributed by atoms with Crippen LogP contribution in [0, 0.1) is 0 Å². The molecule has 2 aliphatic heterocycles. The maximum absolute atomic E-state index is 12.0. The van der Waals surface area contributed by atoms with Crippen LogP contribution < -0.4 is 21.2 Å². The Balaban J connectivity index is 1.44. The SMILES string of the molecule is CNC(=O)CN1Cc2ccc(OCCCC(=O)NN3CCOCC3)cc2N=C1N. The van der Waals surface area contributed by atoms with Gasteiger partial charge in [0.25, 0.3) is 0 Å². The zero-order chi connectivity index (χ0) is 20.6. The maximum Gasteiger partial charge on any atom is 0.239 e. The van der Waals surface area contributed by atoms with E-state index in [0.29, 0.717) is 64.0 Å². The zero-order valence-corrected chi connectivity index (χ0v) is 16.6. The Hall–Kier alpha value is -2.85. The van der Waals surface area contributed by atoms with E-state index < -0.39 is 0 Å². The first-order chi connectivity index (χ1) is 14.0. The van der Waals surface area contributed by atoms with E-state index in [4.69, 9.17) is 15.2 Å². The van der Waals surface area contributed by atoms with Crippen molar-refractivity contribution in [1.82, 2.24) is 20.7 Å². The molecule has 2 aliphatic rings. The van der Waals surface area contributed by atoms with Gasteiger partial charge in [0.05, 0.1) is 32.1 Å². The molecule has 0 spiro atoms. The molecule has 0 atom stereocenters. The summed E-state index contributed by atoms with van der Waals surface area (Å²) >= 11 is 0. The fraction of sp³-hybridized carbons (Fsp3) is 0.526. The third kappa shape index (κ3) is 6.06.